The van der Waals surface area contributed by atoms with E-state index < -0.39 is 23.5 Å². The molecule has 0 aliphatic heterocycles. The van der Waals surface area contributed by atoms with Crippen molar-refractivity contribution in [2.45, 2.75) is 19.4 Å². The van der Waals surface area contributed by atoms with Crippen molar-refractivity contribution in [2.24, 2.45) is 0 Å². The van der Waals surface area contributed by atoms with Crippen molar-refractivity contribution < 1.29 is 13.2 Å². The maximum atomic E-state index is 13.9. The molecule has 21 heavy (non-hydrogen) atoms. The van der Waals surface area contributed by atoms with Crippen LogP contribution in [0.25, 0.3) is 0 Å². The summed E-state index contributed by atoms with van der Waals surface area (Å²) in [7, 11) is 0. The molecular formula is C15H16F3N3. The zero-order chi connectivity index (χ0) is 15.4. The summed E-state index contributed by atoms with van der Waals surface area (Å²) in [5, 5.41) is 2.99. The van der Waals surface area contributed by atoms with Gasteiger partial charge in [-0.3, -0.25) is 0 Å². The van der Waals surface area contributed by atoms with Gasteiger partial charge in [-0.1, -0.05) is 13.0 Å². The predicted molar refractivity (Wildman–Crippen MR) is 75.1 cm³/mol. The van der Waals surface area contributed by atoms with Gasteiger partial charge in [0.25, 0.3) is 0 Å². The second kappa shape index (κ2) is 6.58. The molecule has 0 aliphatic carbocycles. The Morgan fingerprint density at radius 2 is 1.90 bits per heavy atom. The van der Waals surface area contributed by atoms with Gasteiger partial charge in [0.2, 0.25) is 0 Å². The summed E-state index contributed by atoms with van der Waals surface area (Å²) >= 11 is 0. The van der Waals surface area contributed by atoms with Crippen molar-refractivity contribution in [1.82, 2.24) is 10.3 Å². The van der Waals surface area contributed by atoms with E-state index >= 15 is 0 Å². The third kappa shape index (κ3) is 3.52. The van der Waals surface area contributed by atoms with Crippen LogP contribution in [0.3, 0.4) is 0 Å². The summed E-state index contributed by atoms with van der Waals surface area (Å²) < 4.78 is 40.9. The van der Waals surface area contributed by atoms with Crippen LogP contribution in [0.4, 0.5) is 19.0 Å². The fourth-order valence-corrected chi connectivity index (χ4v) is 2.25. The van der Waals surface area contributed by atoms with Crippen LogP contribution in [0.2, 0.25) is 0 Å². The number of nitrogens with one attached hydrogen (secondary N) is 1. The second-order valence-electron chi connectivity index (χ2n) is 4.65. The molecular weight excluding hydrogens is 279 g/mol. The molecule has 1 heterocycles. The van der Waals surface area contributed by atoms with Crippen molar-refractivity contribution in [3.8, 4) is 0 Å². The SMILES string of the molecule is CCNC(Cc1cccnc1N)c1c(F)cc(F)cc1F. The average Bonchev–Trinajstić information content (AvgIpc) is 2.40. The van der Waals surface area contributed by atoms with Gasteiger partial charge in [-0.05, 0) is 24.6 Å². The van der Waals surface area contributed by atoms with Gasteiger partial charge >= 0.3 is 0 Å². The lowest BCUT2D eigenvalue weighted by Gasteiger charge is -2.20. The molecule has 3 nitrogen and oxygen atoms in total. The number of nitrogens with two attached hydrogens (primary N) is 1. The van der Waals surface area contributed by atoms with Gasteiger partial charge in [0.1, 0.15) is 23.3 Å². The lowest BCUT2D eigenvalue weighted by Crippen LogP contribution is -2.25. The first-order chi connectivity index (χ1) is 10.0. The topological polar surface area (TPSA) is 50.9 Å². The normalized spacial score (nSPS) is 12.4. The number of nitrogen functional groups attached to an aromatic ring is 1. The van der Waals surface area contributed by atoms with Crippen LogP contribution in [-0.4, -0.2) is 11.5 Å². The maximum Gasteiger partial charge on any atom is 0.133 e. The van der Waals surface area contributed by atoms with E-state index in [1.807, 2.05) is 6.92 Å². The molecule has 1 aromatic heterocycles. The molecule has 0 aliphatic rings. The zero-order valence-corrected chi connectivity index (χ0v) is 11.5. The van der Waals surface area contributed by atoms with Crippen LogP contribution in [0.1, 0.15) is 24.1 Å². The number of hydrogen-bond acceptors (Lipinski definition) is 3. The third-order valence-electron chi connectivity index (χ3n) is 3.19. The van der Waals surface area contributed by atoms with Crippen molar-refractivity contribution in [3.05, 3.63) is 59.0 Å². The van der Waals surface area contributed by atoms with Crippen LogP contribution in [0, 0.1) is 17.5 Å². The lowest BCUT2D eigenvalue weighted by atomic mass is 9.98. The number of rotatable bonds is 5. The van der Waals surface area contributed by atoms with E-state index in [0.29, 0.717) is 30.1 Å². The summed E-state index contributed by atoms with van der Waals surface area (Å²) in [6, 6.07) is 4.14. The Morgan fingerprint density at radius 3 is 2.48 bits per heavy atom. The third-order valence-corrected chi connectivity index (χ3v) is 3.19. The molecule has 6 heteroatoms. The number of nitrogens with zero attached hydrogens (tertiary/aromatic N) is 1. The minimum atomic E-state index is -0.940. The minimum Gasteiger partial charge on any atom is -0.383 e. The number of pyridine rings is 1. The standard InChI is InChI=1S/C15H16F3N3/c1-2-20-13(6-9-4-3-5-21-15(9)19)14-11(17)7-10(16)8-12(14)18/h3-5,7-8,13,20H,2,6H2,1H3,(H2,19,21). The fraction of sp³-hybridized carbons (Fsp3) is 0.267. The second-order valence-corrected chi connectivity index (χ2v) is 4.65. The number of likely N-dealkylation sites (N-methyl/N-ethyl adjacent to an activating group) is 1. The molecule has 1 unspecified atom stereocenters. The Kier molecular flexibility index (Phi) is 4.80. The molecule has 3 N–H and O–H groups in total. The van der Waals surface area contributed by atoms with E-state index in [1.54, 1.807) is 18.3 Å². The predicted octanol–water partition coefficient (Wildman–Crippen LogP) is 2.97. The molecule has 0 saturated carbocycles. The Bertz CT molecular complexity index is 608. The van der Waals surface area contributed by atoms with Gasteiger partial charge in [0.05, 0.1) is 0 Å². The van der Waals surface area contributed by atoms with E-state index in [9.17, 15) is 13.2 Å². The fourth-order valence-electron chi connectivity index (χ4n) is 2.25. The van der Waals surface area contributed by atoms with E-state index in [-0.39, 0.29) is 12.0 Å². The van der Waals surface area contributed by atoms with Gasteiger partial charge in [-0.2, -0.15) is 0 Å². The van der Waals surface area contributed by atoms with Gasteiger partial charge in [-0.25, -0.2) is 18.2 Å². The smallest absolute Gasteiger partial charge is 0.133 e. The van der Waals surface area contributed by atoms with Crippen LogP contribution >= 0.6 is 0 Å². The zero-order valence-electron chi connectivity index (χ0n) is 11.5. The highest BCUT2D eigenvalue weighted by molar-refractivity contribution is 5.40. The number of halogens is 3. The molecule has 0 amide bonds. The van der Waals surface area contributed by atoms with Crippen LogP contribution < -0.4 is 11.1 Å². The van der Waals surface area contributed by atoms with E-state index in [1.165, 1.54) is 0 Å². The molecule has 2 aromatic rings. The lowest BCUT2D eigenvalue weighted by molar-refractivity contribution is 0.462. The Balaban J connectivity index is 2.38. The Morgan fingerprint density at radius 1 is 1.24 bits per heavy atom. The summed E-state index contributed by atoms with van der Waals surface area (Å²) in [4.78, 5) is 3.95. The molecule has 0 saturated heterocycles. The summed E-state index contributed by atoms with van der Waals surface area (Å²) in [6.45, 7) is 2.32. The van der Waals surface area contributed by atoms with E-state index in [2.05, 4.69) is 10.3 Å². The highest BCUT2D eigenvalue weighted by atomic mass is 19.1. The summed E-state index contributed by atoms with van der Waals surface area (Å²) in [5.74, 6) is -2.46. The van der Waals surface area contributed by atoms with Crippen molar-refractivity contribution >= 4 is 5.82 Å². The molecule has 0 spiro atoms. The average molecular weight is 295 g/mol. The summed E-state index contributed by atoms with van der Waals surface area (Å²) in [5.41, 5.74) is 6.24. The summed E-state index contributed by atoms with van der Waals surface area (Å²) in [6.07, 6.45) is 1.80. The van der Waals surface area contributed by atoms with Crippen LogP contribution in [-0.2, 0) is 6.42 Å². The highest BCUT2D eigenvalue weighted by Gasteiger charge is 2.22. The largest absolute Gasteiger partial charge is 0.383 e. The Labute approximate surface area is 121 Å². The first-order valence-electron chi connectivity index (χ1n) is 6.60. The quantitative estimate of drug-likeness (QED) is 0.891. The highest BCUT2D eigenvalue weighted by Crippen LogP contribution is 2.26. The van der Waals surface area contributed by atoms with Crippen LogP contribution in [0.5, 0.6) is 0 Å². The number of hydrogen-bond donors (Lipinski definition) is 2. The van der Waals surface area contributed by atoms with Crippen molar-refractivity contribution in [1.29, 1.82) is 0 Å². The number of anilines is 1. The molecule has 0 bridgehead atoms. The van der Waals surface area contributed by atoms with Gasteiger partial charge in [0.15, 0.2) is 0 Å². The molecule has 1 aromatic carbocycles. The molecule has 112 valence electrons. The van der Waals surface area contributed by atoms with Gasteiger partial charge < -0.3 is 11.1 Å². The first-order valence-corrected chi connectivity index (χ1v) is 6.60. The maximum absolute atomic E-state index is 13.9. The molecule has 1 atom stereocenters. The molecule has 0 radical (unpaired) electrons. The first kappa shape index (κ1) is 15.3. The Hall–Kier alpha value is -2.08. The number of benzene rings is 1. The minimum absolute atomic E-state index is 0.193. The van der Waals surface area contributed by atoms with E-state index in [4.69, 9.17) is 5.73 Å². The van der Waals surface area contributed by atoms with Gasteiger partial charge in [-0.15, -0.1) is 0 Å². The number of aromatic nitrogens is 1. The monoisotopic (exact) mass is 295 g/mol. The molecule has 0 fully saturated rings. The van der Waals surface area contributed by atoms with Crippen molar-refractivity contribution in [2.75, 3.05) is 12.3 Å². The van der Waals surface area contributed by atoms with Crippen molar-refractivity contribution in [3.63, 3.8) is 0 Å². The van der Waals surface area contributed by atoms with Gasteiger partial charge in [0, 0.05) is 29.9 Å². The van der Waals surface area contributed by atoms with E-state index in [0.717, 1.165) is 0 Å². The molecule has 2 rings (SSSR count). The van der Waals surface area contributed by atoms with Crippen LogP contribution in [0.15, 0.2) is 30.5 Å².